The third-order valence-electron chi connectivity index (χ3n) is 4.25. The maximum absolute atomic E-state index is 11.4. The first-order valence-electron chi connectivity index (χ1n) is 6.78. The number of hydrogen-bond acceptors (Lipinski definition) is 3. The van der Waals surface area contributed by atoms with E-state index in [-0.39, 0.29) is 0 Å². The molecule has 1 saturated carbocycles. The van der Waals surface area contributed by atoms with Crippen molar-refractivity contribution in [2.24, 2.45) is 0 Å². The number of carboxylic acids is 1. The lowest BCUT2D eigenvalue weighted by molar-refractivity contribution is -0.139. The van der Waals surface area contributed by atoms with E-state index in [1.165, 1.54) is 19.3 Å². The summed E-state index contributed by atoms with van der Waals surface area (Å²) in [4.78, 5) is 11.4. The number of rotatable bonds is 3. The van der Waals surface area contributed by atoms with E-state index >= 15 is 0 Å². The first-order valence-corrected chi connectivity index (χ1v) is 6.78. The number of aliphatic carboxylic acids is 1. The molecule has 1 N–H and O–H groups in total. The average Bonchev–Trinajstić information content (AvgIpc) is 2.36. The Morgan fingerprint density at radius 2 is 2.16 bits per heavy atom. The molecule has 2 aliphatic rings. The van der Waals surface area contributed by atoms with Crippen molar-refractivity contribution in [2.75, 3.05) is 13.7 Å². The Labute approximate surface area is 112 Å². The fourth-order valence-electron chi connectivity index (χ4n) is 2.98. The zero-order valence-electron chi connectivity index (χ0n) is 11.0. The highest BCUT2D eigenvalue weighted by atomic mass is 16.5. The molecule has 0 bridgehead atoms. The van der Waals surface area contributed by atoms with E-state index in [4.69, 9.17) is 9.47 Å². The van der Waals surface area contributed by atoms with Crippen molar-refractivity contribution in [2.45, 2.75) is 37.5 Å². The van der Waals surface area contributed by atoms with Gasteiger partial charge in [-0.2, -0.15) is 0 Å². The zero-order chi connectivity index (χ0) is 13.4. The number of methoxy groups -OCH3 is 1. The number of fused-ring (bicyclic) bond motifs is 1. The molecule has 4 nitrogen and oxygen atoms in total. The maximum Gasteiger partial charge on any atom is 0.311 e. The van der Waals surface area contributed by atoms with Gasteiger partial charge in [0.2, 0.25) is 0 Å². The van der Waals surface area contributed by atoms with Gasteiger partial charge in [0.05, 0.1) is 25.2 Å². The Balaban J connectivity index is 2.12. The Kier molecular flexibility index (Phi) is 3.09. The van der Waals surface area contributed by atoms with E-state index in [0.29, 0.717) is 24.7 Å². The van der Waals surface area contributed by atoms with Crippen LogP contribution in [0.25, 0.3) is 0 Å². The molecule has 1 aromatic carbocycles. The van der Waals surface area contributed by atoms with Crippen molar-refractivity contribution in [1.82, 2.24) is 0 Å². The minimum absolute atomic E-state index is 0.469. The summed E-state index contributed by atoms with van der Waals surface area (Å²) < 4.78 is 11.1. The van der Waals surface area contributed by atoms with Crippen LogP contribution in [0.15, 0.2) is 12.1 Å². The van der Waals surface area contributed by atoms with Crippen molar-refractivity contribution in [3.63, 3.8) is 0 Å². The van der Waals surface area contributed by atoms with E-state index in [2.05, 4.69) is 0 Å². The van der Waals surface area contributed by atoms with E-state index < -0.39 is 11.9 Å². The summed E-state index contributed by atoms with van der Waals surface area (Å²) in [5, 5.41) is 9.39. The normalized spacial score (nSPS) is 22.1. The van der Waals surface area contributed by atoms with E-state index in [1.54, 1.807) is 7.11 Å². The van der Waals surface area contributed by atoms with Gasteiger partial charge < -0.3 is 14.6 Å². The fourth-order valence-corrected chi connectivity index (χ4v) is 2.98. The number of hydrogen-bond donors (Lipinski definition) is 1. The highest BCUT2D eigenvalue weighted by Crippen LogP contribution is 2.48. The van der Waals surface area contributed by atoms with Crippen molar-refractivity contribution < 1.29 is 19.4 Å². The zero-order valence-corrected chi connectivity index (χ0v) is 11.0. The molecule has 1 aliphatic heterocycles. The van der Waals surface area contributed by atoms with E-state index in [9.17, 15) is 9.90 Å². The summed E-state index contributed by atoms with van der Waals surface area (Å²) in [7, 11) is 1.58. The van der Waals surface area contributed by atoms with E-state index in [0.717, 1.165) is 16.9 Å². The lowest BCUT2D eigenvalue weighted by Crippen LogP contribution is -2.23. The quantitative estimate of drug-likeness (QED) is 0.910. The molecule has 19 heavy (non-hydrogen) atoms. The predicted octanol–water partition coefficient (Wildman–Crippen LogP) is 2.91. The third-order valence-corrected chi connectivity index (χ3v) is 4.25. The van der Waals surface area contributed by atoms with Gasteiger partial charge in [0.1, 0.15) is 11.5 Å². The van der Waals surface area contributed by atoms with Gasteiger partial charge in [-0.3, -0.25) is 4.79 Å². The monoisotopic (exact) mass is 262 g/mol. The summed E-state index contributed by atoms with van der Waals surface area (Å²) in [5.74, 6) is 0.604. The van der Waals surface area contributed by atoms with Gasteiger partial charge in [-0.25, -0.2) is 0 Å². The third kappa shape index (κ3) is 1.95. The van der Waals surface area contributed by atoms with Crippen LogP contribution in [0.2, 0.25) is 0 Å². The molecule has 0 radical (unpaired) electrons. The molecular weight excluding hydrogens is 244 g/mol. The summed E-state index contributed by atoms with van der Waals surface area (Å²) in [6, 6.07) is 3.92. The van der Waals surface area contributed by atoms with Crippen LogP contribution in [0.5, 0.6) is 11.5 Å². The number of carbonyl (C=O) groups is 1. The van der Waals surface area contributed by atoms with Gasteiger partial charge in [0, 0.05) is 0 Å². The minimum Gasteiger partial charge on any atom is -0.496 e. The summed E-state index contributed by atoms with van der Waals surface area (Å²) in [5.41, 5.74) is 1.89. The molecule has 1 heterocycles. The van der Waals surface area contributed by atoms with Crippen molar-refractivity contribution in [3.8, 4) is 11.5 Å². The van der Waals surface area contributed by atoms with Crippen LogP contribution in [0.3, 0.4) is 0 Å². The molecule has 102 valence electrons. The molecule has 4 heteroatoms. The predicted molar refractivity (Wildman–Crippen MR) is 70.1 cm³/mol. The van der Waals surface area contributed by atoms with Gasteiger partial charge >= 0.3 is 5.97 Å². The fraction of sp³-hybridized carbons (Fsp3) is 0.533. The Bertz CT molecular complexity index is 505. The second-order valence-corrected chi connectivity index (χ2v) is 5.26. The molecule has 1 aromatic rings. The number of benzene rings is 1. The van der Waals surface area contributed by atoms with Gasteiger partial charge in [-0.15, -0.1) is 0 Å². The van der Waals surface area contributed by atoms with Gasteiger partial charge in [-0.1, -0.05) is 12.5 Å². The number of carboxylic acid groups (broad SMARTS) is 1. The van der Waals surface area contributed by atoms with Crippen molar-refractivity contribution in [1.29, 1.82) is 0 Å². The molecule has 1 unspecified atom stereocenters. The lowest BCUT2D eigenvalue weighted by atomic mass is 9.77. The van der Waals surface area contributed by atoms with Crippen LogP contribution in [-0.4, -0.2) is 24.8 Å². The topological polar surface area (TPSA) is 55.8 Å². The first kappa shape index (κ1) is 12.3. The van der Waals surface area contributed by atoms with Crippen LogP contribution in [0.1, 0.15) is 48.6 Å². The van der Waals surface area contributed by atoms with E-state index in [1.807, 2.05) is 12.1 Å². The second kappa shape index (κ2) is 4.76. The molecule has 1 atom stereocenters. The smallest absolute Gasteiger partial charge is 0.311 e. The molecule has 0 saturated heterocycles. The molecule has 0 aromatic heterocycles. The molecular formula is C15H18O4. The molecule has 0 spiro atoms. The summed E-state index contributed by atoms with van der Waals surface area (Å²) >= 11 is 0. The SMILES string of the molecule is COc1ccc(C2CCC2)c2c1C(C(=O)O)CCO2. The molecule has 3 rings (SSSR count). The van der Waals surface area contributed by atoms with Gasteiger partial charge in [0.15, 0.2) is 0 Å². The largest absolute Gasteiger partial charge is 0.496 e. The maximum atomic E-state index is 11.4. The molecule has 0 amide bonds. The Hall–Kier alpha value is -1.71. The Morgan fingerprint density at radius 3 is 2.74 bits per heavy atom. The molecule has 1 fully saturated rings. The van der Waals surface area contributed by atoms with Crippen LogP contribution >= 0.6 is 0 Å². The molecule has 1 aliphatic carbocycles. The van der Waals surface area contributed by atoms with Gasteiger partial charge in [0.25, 0.3) is 0 Å². The van der Waals surface area contributed by atoms with Crippen LogP contribution in [-0.2, 0) is 4.79 Å². The first-order chi connectivity index (χ1) is 9.22. The number of ether oxygens (including phenoxy) is 2. The highest BCUT2D eigenvalue weighted by Gasteiger charge is 2.35. The summed E-state index contributed by atoms with van der Waals surface area (Å²) in [6.07, 6.45) is 4.08. The Morgan fingerprint density at radius 1 is 1.37 bits per heavy atom. The van der Waals surface area contributed by atoms with Crippen molar-refractivity contribution in [3.05, 3.63) is 23.3 Å². The van der Waals surface area contributed by atoms with Crippen LogP contribution in [0.4, 0.5) is 0 Å². The lowest BCUT2D eigenvalue weighted by Gasteiger charge is -2.32. The standard InChI is InChI=1S/C15H18O4/c1-18-12-6-5-10(9-3-2-4-9)14-13(12)11(15(16)17)7-8-19-14/h5-6,9,11H,2-4,7-8H2,1H3,(H,16,17). The minimum atomic E-state index is -0.798. The van der Waals surface area contributed by atoms with Crippen molar-refractivity contribution >= 4 is 5.97 Å². The summed E-state index contributed by atoms with van der Waals surface area (Å²) in [6.45, 7) is 0.469. The highest BCUT2D eigenvalue weighted by molar-refractivity contribution is 5.79. The van der Waals surface area contributed by atoms with Crippen LogP contribution < -0.4 is 9.47 Å². The van der Waals surface area contributed by atoms with Crippen LogP contribution in [0, 0.1) is 0 Å². The van der Waals surface area contributed by atoms with Gasteiger partial charge in [-0.05, 0) is 36.8 Å². The average molecular weight is 262 g/mol. The second-order valence-electron chi connectivity index (χ2n) is 5.26.